The summed E-state index contributed by atoms with van der Waals surface area (Å²) >= 11 is 0. The summed E-state index contributed by atoms with van der Waals surface area (Å²) in [6.45, 7) is 6.99. The van der Waals surface area contributed by atoms with Crippen molar-refractivity contribution in [3.05, 3.63) is 29.3 Å². The molecule has 0 amide bonds. The van der Waals surface area contributed by atoms with Crippen LogP contribution < -0.4 is 4.74 Å². The lowest BCUT2D eigenvalue weighted by atomic mass is 9.97. The molecule has 0 saturated heterocycles. The molecule has 0 saturated carbocycles. The Balaban J connectivity index is 3.02. The number of carbonyl (C=O) groups is 2. The maximum Gasteiger partial charge on any atom is 0.335 e. The van der Waals surface area contributed by atoms with E-state index in [0.717, 1.165) is 5.56 Å². The van der Waals surface area contributed by atoms with E-state index in [0.29, 0.717) is 5.75 Å². The largest absolute Gasteiger partial charge is 0.478 e. The lowest BCUT2D eigenvalue weighted by Crippen LogP contribution is -2.25. The molecule has 0 spiro atoms. The highest BCUT2D eigenvalue weighted by atomic mass is 16.5. The first-order valence-electron chi connectivity index (χ1n) is 5.28. The minimum absolute atomic E-state index is 0.104. The topological polar surface area (TPSA) is 63.6 Å². The normalized spacial score (nSPS) is 11.1. The minimum atomic E-state index is -1.04. The van der Waals surface area contributed by atoms with Crippen molar-refractivity contribution in [3.63, 3.8) is 0 Å². The Kier molecular flexibility index (Phi) is 3.56. The molecular formula is C13H16O4. The number of esters is 1. The molecule has 0 atom stereocenters. The Bertz CT molecular complexity index is 455. The molecule has 1 N–H and O–H groups in total. The van der Waals surface area contributed by atoms with Gasteiger partial charge >= 0.3 is 11.9 Å². The van der Waals surface area contributed by atoms with Gasteiger partial charge in [-0.3, -0.25) is 4.79 Å². The number of ether oxygens (including phenoxy) is 1. The number of hydrogen-bond acceptors (Lipinski definition) is 3. The van der Waals surface area contributed by atoms with Crippen LogP contribution in [0.3, 0.4) is 0 Å². The average molecular weight is 236 g/mol. The molecule has 0 bridgehead atoms. The van der Waals surface area contributed by atoms with E-state index in [1.165, 1.54) is 12.1 Å². The molecule has 0 aliphatic rings. The van der Waals surface area contributed by atoms with Crippen LogP contribution in [0, 0.1) is 12.3 Å². The maximum atomic E-state index is 11.7. The van der Waals surface area contributed by atoms with Gasteiger partial charge in [-0.1, -0.05) is 6.07 Å². The first kappa shape index (κ1) is 13.2. The summed E-state index contributed by atoms with van der Waals surface area (Å²) in [4.78, 5) is 22.5. The molecule has 17 heavy (non-hydrogen) atoms. The first-order chi connectivity index (χ1) is 7.71. The summed E-state index contributed by atoms with van der Waals surface area (Å²) in [5, 5.41) is 8.85. The lowest BCUT2D eigenvalue weighted by Gasteiger charge is -2.17. The molecule has 0 aromatic heterocycles. The molecule has 4 nitrogen and oxygen atoms in total. The first-order valence-corrected chi connectivity index (χ1v) is 5.28. The Labute approximate surface area is 100 Å². The summed E-state index contributed by atoms with van der Waals surface area (Å²) in [7, 11) is 0. The fourth-order valence-electron chi connectivity index (χ4n) is 1.10. The summed E-state index contributed by atoms with van der Waals surface area (Å²) < 4.78 is 5.20. The zero-order chi connectivity index (χ0) is 13.2. The summed E-state index contributed by atoms with van der Waals surface area (Å²) in [6.07, 6.45) is 0. The molecule has 0 fully saturated rings. The van der Waals surface area contributed by atoms with Crippen molar-refractivity contribution in [1.29, 1.82) is 0 Å². The lowest BCUT2D eigenvalue weighted by molar-refractivity contribution is -0.143. The number of rotatable bonds is 2. The highest BCUT2D eigenvalue weighted by Crippen LogP contribution is 2.23. The number of aromatic carboxylic acids is 1. The van der Waals surface area contributed by atoms with E-state index >= 15 is 0 Å². The zero-order valence-electron chi connectivity index (χ0n) is 10.4. The fourth-order valence-corrected chi connectivity index (χ4v) is 1.10. The highest BCUT2D eigenvalue weighted by Gasteiger charge is 2.24. The van der Waals surface area contributed by atoms with Crippen LogP contribution in [-0.4, -0.2) is 17.0 Å². The molecule has 0 aliphatic heterocycles. The molecule has 1 rings (SSSR count). The number of hydrogen-bond donors (Lipinski definition) is 1. The van der Waals surface area contributed by atoms with Crippen LogP contribution in [0.5, 0.6) is 5.75 Å². The van der Waals surface area contributed by atoms with Crippen molar-refractivity contribution in [2.45, 2.75) is 27.7 Å². The Morgan fingerprint density at radius 1 is 1.24 bits per heavy atom. The van der Waals surface area contributed by atoms with E-state index in [2.05, 4.69) is 0 Å². The predicted octanol–water partition coefficient (Wildman–Crippen LogP) is 2.64. The average Bonchev–Trinajstić information content (AvgIpc) is 2.19. The second-order valence-corrected chi connectivity index (χ2v) is 4.92. The molecule has 0 heterocycles. The van der Waals surface area contributed by atoms with Crippen LogP contribution >= 0.6 is 0 Å². The highest BCUT2D eigenvalue weighted by molar-refractivity contribution is 5.88. The third-order valence-corrected chi connectivity index (χ3v) is 2.25. The van der Waals surface area contributed by atoms with Crippen molar-refractivity contribution < 1.29 is 19.4 Å². The van der Waals surface area contributed by atoms with Crippen molar-refractivity contribution in [1.82, 2.24) is 0 Å². The van der Waals surface area contributed by atoms with Crippen LogP contribution in [0.1, 0.15) is 36.7 Å². The van der Waals surface area contributed by atoms with E-state index in [9.17, 15) is 9.59 Å². The van der Waals surface area contributed by atoms with Gasteiger partial charge in [0.1, 0.15) is 5.75 Å². The van der Waals surface area contributed by atoms with Gasteiger partial charge in [-0.15, -0.1) is 0 Å². The van der Waals surface area contributed by atoms with Crippen LogP contribution in [0.15, 0.2) is 18.2 Å². The molecule has 0 aliphatic carbocycles. The monoisotopic (exact) mass is 236 g/mol. The number of carboxylic acids is 1. The number of carboxylic acid groups (broad SMARTS) is 1. The van der Waals surface area contributed by atoms with Gasteiger partial charge in [0.05, 0.1) is 11.0 Å². The summed E-state index contributed by atoms with van der Waals surface area (Å²) in [5.74, 6) is -1.13. The van der Waals surface area contributed by atoms with Gasteiger partial charge in [-0.05, 0) is 45.4 Å². The third-order valence-electron chi connectivity index (χ3n) is 2.25. The summed E-state index contributed by atoms with van der Waals surface area (Å²) in [5.41, 5.74) is 0.214. The van der Waals surface area contributed by atoms with Crippen molar-refractivity contribution in [3.8, 4) is 5.75 Å². The van der Waals surface area contributed by atoms with E-state index in [-0.39, 0.29) is 11.5 Å². The number of carbonyl (C=O) groups excluding carboxylic acids is 1. The Hall–Kier alpha value is -1.84. The number of benzene rings is 1. The second kappa shape index (κ2) is 4.57. The van der Waals surface area contributed by atoms with Gasteiger partial charge in [-0.2, -0.15) is 0 Å². The van der Waals surface area contributed by atoms with E-state index in [4.69, 9.17) is 9.84 Å². The molecule has 0 unspecified atom stereocenters. The summed E-state index contributed by atoms with van der Waals surface area (Å²) in [6, 6.07) is 4.46. The Morgan fingerprint density at radius 3 is 2.29 bits per heavy atom. The number of aryl methyl sites for hydroxylation is 1. The molecule has 0 radical (unpaired) electrons. The van der Waals surface area contributed by atoms with Gasteiger partial charge in [0.2, 0.25) is 0 Å². The van der Waals surface area contributed by atoms with Crippen molar-refractivity contribution in [2.24, 2.45) is 5.41 Å². The van der Waals surface area contributed by atoms with Crippen LogP contribution in [0.4, 0.5) is 0 Å². The maximum absolute atomic E-state index is 11.7. The van der Waals surface area contributed by atoms with Crippen LogP contribution in [0.25, 0.3) is 0 Å². The predicted molar refractivity (Wildman–Crippen MR) is 63.2 cm³/mol. The molecular weight excluding hydrogens is 220 g/mol. The molecule has 1 aromatic carbocycles. The van der Waals surface area contributed by atoms with Crippen LogP contribution in [-0.2, 0) is 4.79 Å². The van der Waals surface area contributed by atoms with Gasteiger partial charge in [0, 0.05) is 0 Å². The molecule has 1 aromatic rings. The molecule has 4 heteroatoms. The quantitative estimate of drug-likeness (QED) is 0.633. The van der Waals surface area contributed by atoms with Gasteiger partial charge in [-0.25, -0.2) is 4.79 Å². The van der Waals surface area contributed by atoms with Gasteiger partial charge in [0.25, 0.3) is 0 Å². The minimum Gasteiger partial charge on any atom is -0.478 e. The SMILES string of the molecule is Cc1ccc(C(=O)O)cc1OC(=O)C(C)(C)C. The van der Waals surface area contributed by atoms with E-state index in [1.54, 1.807) is 33.8 Å². The Morgan fingerprint density at radius 2 is 1.82 bits per heavy atom. The second-order valence-electron chi connectivity index (χ2n) is 4.92. The zero-order valence-corrected chi connectivity index (χ0v) is 10.4. The standard InChI is InChI=1S/C13H16O4/c1-8-5-6-9(11(14)15)7-10(8)17-12(16)13(2,3)4/h5-7H,1-4H3,(H,14,15). The van der Waals surface area contributed by atoms with Crippen molar-refractivity contribution >= 4 is 11.9 Å². The molecule has 92 valence electrons. The smallest absolute Gasteiger partial charge is 0.335 e. The van der Waals surface area contributed by atoms with Gasteiger partial charge in [0.15, 0.2) is 0 Å². The van der Waals surface area contributed by atoms with Crippen LogP contribution in [0.2, 0.25) is 0 Å². The fraction of sp³-hybridized carbons (Fsp3) is 0.385. The third kappa shape index (κ3) is 3.31. The van der Waals surface area contributed by atoms with Crippen molar-refractivity contribution in [2.75, 3.05) is 0 Å². The van der Waals surface area contributed by atoms with Gasteiger partial charge < -0.3 is 9.84 Å². The van der Waals surface area contributed by atoms with E-state index < -0.39 is 11.4 Å². The van der Waals surface area contributed by atoms with E-state index in [1.807, 2.05) is 0 Å².